The van der Waals surface area contributed by atoms with E-state index in [0.29, 0.717) is 0 Å². The molecule has 1 rings (SSSR count). The van der Waals surface area contributed by atoms with E-state index in [9.17, 15) is 9.59 Å². The van der Waals surface area contributed by atoms with Crippen molar-refractivity contribution in [2.24, 2.45) is 0 Å². The number of carbonyl (C=O) groups is 2. The predicted molar refractivity (Wildman–Crippen MR) is 38.7 cm³/mol. The van der Waals surface area contributed by atoms with Crippen LogP contribution < -0.4 is 0 Å². The summed E-state index contributed by atoms with van der Waals surface area (Å²) < 4.78 is 4.48. The van der Waals surface area contributed by atoms with E-state index in [1.807, 2.05) is 0 Å². The second kappa shape index (κ2) is 3.18. The fourth-order valence-electron chi connectivity index (χ4n) is 0.864. The zero-order chi connectivity index (χ0) is 10.0. The highest BCUT2D eigenvalue weighted by molar-refractivity contribution is 5.90. The maximum absolute atomic E-state index is 10.5. The summed E-state index contributed by atoms with van der Waals surface area (Å²) in [6.07, 6.45) is -0.567. The van der Waals surface area contributed by atoms with Crippen molar-refractivity contribution in [1.29, 1.82) is 0 Å². The summed E-state index contributed by atoms with van der Waals surface area (Å²) in [6, 6.07) is 0.862. The van der Waals surface area contributed by atoms with Crippen LogP contribution in [0.4, 0.5) is 0 Å². The van der Waals surface area contributed by atoms with E-state index in [1.165, 1.54) is 0 Å². The van der Waals surface area contributed by atoms with Crippen molar-refractivity contribution in [2.75, 3.05) is 0 Å². The van der Waals surface area contributed by atoms with Crippen LogP contribution in [0.25, 0.3) is 0 Å². The number of aromatic carboxylic acids is 1. The molecule has 0 unspecified atom stereocenters. The van der Waals surface area contributed by atoms with Crippen LogP contribution in [-0.2, 0) is 11.2 Å². The van der Waals surface area contributed by atoms with Gasteiger partial charge in [-0.1, -0.05) is 0 Å². The van der Waals surface area contributed by atoms with Gasteiger partial charge < -0.3 is 19.7 Å². The third-order valence-electron chi connectivity index (χ3n) is 1.34. The molecule has 3 N–H and O–H groups in total. The largest absolute Gasteiger partial charge is 0.481 e. The van der Waals surface area contributed by atoms with E-state index in [4.69, 9.17) is 15.3 Å². The smallest absolute Gasteiger partial charge is 0.339 e. The number of furan rings is 1. The lowest BCUT2D eigenvalue weighted by Crippen LogP contribution is -2.04. The van der Waals surface area contributed by atoms with Gasteiger partial charge in [0.2, 0.25) is 0 Å². The average Bonchev–Trinajstić information content (AvgIpc) is 2.29. The minimum atomic E-state index is -1.33. The van der Waals surface area contributed by atoms with Crippen LogP contribution in [0.5, 0.6) is 5.95 Å². The third kappa shape index (κ3) is 1.98. The lowest BCUT2D eigenvalue weighted by molar-refractivity contribution is -0.136. The van der Waals surface area contributed by atoms with Gasteiger partial charge >= 0.3 is 11.9 Å². The molecule has 1 heterocycles. The van der Waals surface area contributed by atoms with Crippen molar-refractivity contribution < 1.29 is 29.3 Å². The van der Waals surface area contributed by atoms with Crippen LogP contribution in [0.15, 0.2) is 10.5 Å². The summed E-state index contributed by atoms with van der Waals surface area (Å²) in [5.74, 6) is -3.43. The first-order chi connectivity index (χ1) is 6.00. The highest BCUT2D eigenvalue weighted by Gasteiger charge is 2.18. The van der Waals surface area contributed by atoms with Gasteiger partial charge in [0.25, 0.3) is 5.95 Å². The molecular formula is C7H6O6. The van der Waals surface area contributed by atoms with Crippen LogP contribution >= 0.6 is 0 Å². The molecule has 1 aromatic heterocycles. The molecule has 0 spiro atoms. The van der Waals surface area contributed by atoms with E-state index < -0.39 is 24.3 Å². The minimum Gasteiger partial charge on any atom is -0.481 e. The SMILES string of the molecule is O=C(O)Cc1oc(O)cc1C(=O)O. The van der Waals surface area contributed by atoms with Crippen molar-refractivity contribution in [3.8, 4) is 5.95 Å². The van der Waals surface area contributed by atoms with Crippen molar-refractivity contribution >= 4 is 11.9 Å². The molecule has 0 aliphatic heterocycles. The van der Waals surface area contributed by atoms with Gasteiger partial charge in [-0.2, -0.15) is 0 Å². The molecule has 0 aliphatic carbocycles. The minimum absolute atomic E-state index is 0.266. The van der Waals surface area contributed by atoms with Gasteiger partial charge in [-0.15, -0.1) is 0 Å². The summed E-state index contributed by atoms with van der Waals surface area (Å²) >= 11 is 0. The van der Waals surface area contributed by atoms with Crippen LogP contribution in [0, 0.1) is 0 Å². The summed E-state index contributed by atoms with van der Waals surface area (Å²) in [4.78, 5) is 20.7. The molecular weight excluding hydrogens is 180 g/mol. The van der Waals surface area contributed by atoms with Gasteiger partial charge in [0.15, 0.2) is 0 Å². The molecule has 0 saturated carbocycles. The Morgan fingerprint density at radius 2 is 2.00 bits per heavy atom. The van der Waals surface area contributed by atoms with Gasteiger partial charge in [0, 0.05) is 6.07 Å². The topological polar surface area (TPSA) is 108 Å². The third-order valence-corrected chi connectivity index (χ3v) is 1.34. The Labute approximate surface area is 72.0 Å². The average molecular weight is 186 g/mol. The highest BCUT2D eigenvalue weighted by Crippen LogP contribution is 2.20. The number of hydrogen-bond acceptors (Lipinski definition) is 4. The maximum Gasteiger partial charge on any atom is 0.339 e. The van der Waals surface area contributed by atoms with Gasteiger partial charge in [-0.25, -0.2) is 4.79 Å². The molecule has 0 fully saturated rings. The van der Waals surface area contributed by atoms with Crippen molar-refractivity contribution in [2.45, 2.75) is 6.42 Å². The van der Waals surface area contributed by atoms with Crippen LogP contribution in [0.1, 0.15) is 16.1 Å². The molecule has 0 aromatic carbocycles. The Morgan fingerprint density at radius 1 is 1.38 bits per heavy atom. The lowest BCUT2D eigenvalue weighted by atomic mass is 10.2. The second-order valence-electron chi connectivity index (χ2n) is 2.30. The Kier molecular flexibility index (Phi) is 2.23. The quantitative estimate of drug-likeness (QED) is 0.626. The number of rotatable bonds is 3. The zero-order valence-electron chi connectivity index (χ0n) is 6.35. The molecule has 0 aliphatic rings. The molecule has 0 saturated heterocycles. The number of carboxylic acid groups (broad SMARTS) is 2. The zero-order valence-corrected chi connectivity index (χ0v) is 6.35. The molecule has 13 heavy (non-hydrogen) atoms. The monoisotopic (exact) mass is 186 g/mol. The Balaban J connectivity index is 3.04. The molecule has 0 atom stereocenters. The molecule has 0 bridgehead atoms. The molecule has 6 nitrogen and oxygen atoms in total. The molecule has 70 valence electrons. The summed E-state index contributed by atoms with van der Waals surface area (Å²) in [5.41, 5.74) is -0.333. The second-order valence-corrected chi connectivity index (χ2v) is 2.30. The van der Waals surface area contributed by atoms with Crippen LogP contribution in [0.3, 0.4) is 0 Å². The Morgan fingerprint density at radius 3 is 2.46 bits per heavy atom. The predicted octanol–water partition coefficient (Wildman–Crippen LogP) is 0.311. The number of aromatic hydroxyl groups is 1. The van der Waals surface area contributed by atoms with Crippen LogP contribution in [-0.4, -0.2) is 27.3 Å². The van der Waals surface area contributed by atoms with Crippen molar-refractivity contribution in [3.63, 3.8) is 0 Å². The number of aliphatic carboxylic acids is 1. The van der Waals surface area contributed by atoms with Crippen molar-refractivity contribution in [3.05, 3.63) is 17.4 Å². The van der Waals surface area contributed by atoms with Gasteiger partial charge in [0.05, 0.1) is 0 Å². The first kappa shape index (κ1) is 9.11. The highest BCUT2D eigenvalue weighted by atomic mass is 16.5. The molecule has 0 radical (unpaired) electrons. The fraction of sp³-hybridized carbons (Fsp3) is 0.143. The Hall–Kier alpha value is -1.98. The summed E-state index contributed by atoms with van der Waals surface area (Å²) in [5, 5.41) is 25.6. The lowest BCUT2D eigenvalue weighted by Gasteiger charge is -1.92. The van der Waals surface area contributed by atoms with E-state index in [2.05, 4.69) is 4.42 Å². The van der Waals surface area contributed by atoms with E-state index in [0.717, 1.165) is 6.07 Å². The summed E-state index contributed by atoms with van der Waals surface area (Å²) in [7, 11) is 0. The Bertz CT molecular complexity index is 350. The van der Waals surface area contributed by atoms with E-state index in [1.54, 1.807) is 0 Å². The molecule has 6 heteroatoms. The van der Waals surface area contributed by atoms with Crippen LogP contribution in [0.2, 0.25) is 0 Å². The first-order valence-corrected chi connectivity index (χ1v) is 3.27. The number of carboxylic acids is 2. The molecule has 0 amide bonds. The maximum atomic E-state index is 10.5. The standard InChI is InChI=1S/C7H6O6/c8-5(9)2-4-3(7(11)12)1-6(10)13-4/h1,10H,2H2,(H,8,9)(H,11,12). The van der Waals surface area contributed by atoms with Gasteiger partial charge in [-0.05, 0) is 0 Å². The first-order valence-electron chi connectivity index (χ1n) is 3.27. The molecule has 1 aromatic rings. The summed E-state index contributed by atoms with van der Waals surface area (Å²) in [6.45, 7) is 0. The van der Waals surface area contributed by atoms with Gasteiger partial charge in [0.1, 0.15) is 17.7 Å². The van der Waals surface area contributed by atoms with E-state index in [-0.39, 0.29) is 11.3 Å². The fourth-order valence-corrected chi connectivity index (χ4v) is 0.864. The van der Waals surface area contributed by atoms with E-state index >= 15 is 0 Å². The van der Waals surface area contributed by atoms with Crippen molar-refractivity contribution in [1.82, 2.24) is 0 Å². The number of hydrogen-bond donors (Lipinski definition) is 3. The normalized spacial score (nSPS) is 9.85. The van der Waals surface area contributed by atoms with Gasteiger partial charge in [-0.3, -0.25) is 4.79 Å².